The molecule has 4 rings (SSSR count). The molecule has 0 aliphatic heterocycles. The van der Waals surface area contributed by atoms with Crippen molar-refractivity contribution in [2.75, 3.05) is 0 Å². The molecule has 4 nitrogen and oxygen atoms in total. The van der Waals surface area contributed by atoms with Crippen molar-refractivity contribution >= 4 is 23.0 Å². The highest BCUT2D eigenvalue weighted by Gasteiger charge is 2.13. The number of carbonyl (C=O) groups is 1. The second-order valence-corrected chi connectivity index (χ2v) is 6.80. The average molecular weight is 401 g/mol. The third-order valence-electron chi connectivity index (χ3n) is 4.64. The zero-order chi connectivity index (χ0) is 21.1. The Kier molecular flexibility index (Phi) is 5.30. The van der Waals surface area contributed by atoms with E-state index < -0.39 is 17.5 Å². The fraction of sp³-hybridized carbons (Fsp3) is 0.0417. The minimum Gasteiger partial charge on any atom is -0.267 e. The van der Waals surface area contributed by atoms with Gasteiger partial charge in [0.05, 0.1) is 23.0 Å². The summed E-state index contributed by atoms with van der Waals surface area (Å²) in [5, 5.41) is 4.50. The number of benzene rings is 3. The minimum atomic E-state index is -0.760. The van der Waals surface area contributed by atoms with E-state index in [-0.39, 0.29) is 5.56 Å². The Balaban J connectivity index is 1.67. The first-order valence-electron chi connectivity index (χ1n) is 9.26. The van der Waals surface area contributed by atoms with Gasteiger partial charge in [0.2, 0.25) is 0 Å². The minimum absolute atomic E-state index is 0.0663. The Morgan fingerprint density at radius 1 is 1.00 bits per heavy atom. The fourth-order valence-electron chi connectivity index (χ4n) is 3.06. The van der Waals surface area contributed by atoms with Crippen molar-refractivity contribution in [1.82, 2.24) is 10.4 Å². The summed E-state index contributed by atoms with van der Waals surface area (Å²) >= 11 is 0. The van der Waals surface area contributed by atoms with Gasteiger partial charge in [0.1, 0.15) is 11.6 Å². The van der Waals surface area contributed by atoms with E-state index in [1.54, 1.807) is 12.1 Å². The Morgan fingerprint density at radius 2 is 1.77 bits per heavy atom. The monoisotopic (exact) mass is 401 g/mol. The maximum Gasteiger partial charge on any atom is 0.272 e. The molecule has 1 aromatic heterocycles. The van der Waals surface area contributed by atoms with E-state index in [1.165, 1.54) is 6.07 Å². The van der Waals surface area contributed by atoms with Crippen molar-refractivity contribution in [3.63, 3.8) is 0 Å². The third kappa shape index (κ3) is 4.07. The van der Waals surface area contributed by atoms with Crippen molar-refractivity contribution in [2.45, 2.75) is 6.92 Å². The fourth-order valence-corrected chi connectivity index (χ4v) is 3.06. The number of nitrogens with one attached hydrogen (secondary N) is 1. The molecule has 1 heterocycles. The number of rotatable bonds is 4. The van der Waals surface area contributed by atoms with E-state index in [2.05, 4.69) is 15.5 Å². The molecule has 0 atom stereocenters. The molecule has 0 bridgehead atoms. The molecule has 0 aliphatic carbocycles. The Morgan fingerprint density at radius 3 is 2.53 bits per heavy atom. The summed E-state index contributed by atoms with van der Waals surface area (Å²) < 4.78 is 26.7. The quantitative estimate of drug-likeness (QED) is 0.375. The maximum atomic E-state index is 13.7. The van der Waals surface area contributed by atoms with Gasteiger partial charge in [0.25, 0.3) is 5.91 Å². The van der Waals surface area contributed by atoms with Crippen molar-refractivity contribution in [3.8, 4) is 11.3 Å². The van der Waals surface area contributed by atoms with Crippen LogP contribution in [0.2, 0.25) is 0 Å². The number of pyridine rings is 1. The first-order valence-corrected chi connectivity index (χ1v) is 9.26. The van der Waals surface area contributed by atoms with Gasteiger partial charge < -0.3 is 0 Å². The molecule has 30 heavy (non-hydrogen) atoms. The zero-order valence-electron chi connectivity index (χ0n) is 16.1. The molecule has 0 unspecified atom stereocenters. The van der Waals surface area contributed by atoms with Crippen LogP contribution in [0.4, 0.5) is 8.78 Å². The lowest BCUT2D eigenvalue weighted by Crippen LogP contribution is -2.18. The first-order chi connectivity index (χ1) is 14.5. The molecule has 1 amide bonds. The van der Waals surface area contributed by atoms with Crippen molar-refractivity contribution in [3.05, 3.63) is 101 Å². The number of nitrogens with zero attached hydrogens (tertiary/aromatic N) is 2. The number of aryl methyl sites for hydroxylation is 1. The predicted octanol–water partition coefficient (Wildman–Crippen LogP) is 5.25. The lowest BCUT2D eigenvalue weighted by atomic mass is 10.0. The van der Waals surface area contributed by atoms with Crippen LogP contribution in [0, 0.1) is 18.6 Å². The van der Waals surface area contributed by atoms with E-state index in [1.807, 2.05) is 49.4 Å². The highest BCUT2D eigenvalue weighted by Crippen LogP contribution is 2.25. The van der Waals surface area contributed by atoms with Crippen LogP contribution in [-0.2, 0) is 0 Å². The first kappa shape index (κ1) is 19.4. The van der Waals surface area contributed by atoms with Gasteiger partial charge in [0.15, 0.2) is 0 Å². The molecule has 0 saturated heterocycles. The molecule has 1 N–H and O–H groups in total. The van der Waals surface area contributed by atoms with E-state index >= 15 is 0 Å². The van der Waals surface area contributed by atoms with Crippen molar-refractivity contribution in [2.24, 2.45) is 5.10 Å². The van der Waals surface area contributed by atoms with E-state index in [0.717, 1.165) is 29.5 Å². The Labute approximate surface area is 171 Å². The molecule has 4 aromatic rings. The second-order valence-electron chi connectivity index (χ2n) is 6.80. The summed E-state index contributed by atoms with van der Waals surface area (Å²) in [4.78, 5) is 17.5. The Hall–Kier alpha value is -3.93. The molecule has 3 aromatic carbocycles. The van der Waals surface area contributed by atoms with Gasteiger partial charge in [0, 0.05) is 22.6 Å². The zero-order valence-corrected chi connectivity index (χ0v) is 16.1. The number of carbonyl (C=O) groups excluding carboxylic acids is 1. The number of fused-ring (bicyclic) bond motifs is 1. The summed E-state index contributed by atoms with van der Waals surface area (Å²) in [6.07, 6.45) is 1.14. The van der Waals surface area contributed by atoms with Crippen LogP contribution in [0.5, 0.6) is 0 Å². The highest BCUT2D eigenvalue weighted by molar-refractivity contribution is 6.07. The van der Waals surface area contributed by atoms with Crippen LogP contribution in [0.25, 0.3) is 22.2 Å². The third-order valence-corrected chi connectivity index (χ3v) is 4.64. The van der Waals surface area contributed by atoms with E-state index in [9.17, 15) is 13.6 Å². The number of aromatic nitrogens is 1. The largest absolute Gasteiger partial charge is 0.272 e. The van der Waals surface area contributed by atoms with Gasteiger partial charge in [-0.3, -0.25) is 4.79 Å². The van der Waals surface area contributed by atoms with Crippen LogP contribution in [0.15, 0.2) is 77.9 Å². The van der Waals surface area contributed by atoms with Gasteiger partial charge in [-0.05, 0) is 31.2 Å². The van der Waals surface area contributed by atoms with Gasteiger partial charge in [-0.25, -0.2) is 19.2 Å². The number of halogens is 2. The highest BCUT2D eigenvalue weighted by atomic mass is 19.1. The number of hydrazone groups is 1. The predicted molar refractivity (Wildman–Crippen MR) is 113 cm³/mol. The number of hydrogen-bond acceptors (Lipinski definition) is 3. The molecule has 148 valence electrons. The summed E-state index contributed by atoms with van der Waals surface area (Å²) in [5.74, 6) is -1.90. The summed E-state index contributed by atoms with van der Waals surface area (Å²) in [5.41, 5.74) is 6.22. The smallest absolute Gasteiger partial charge is 0.267 e. The molecular formula is C24H17F2N3O. The van der Waals surface area contributed by atoms with Crippen LogP contribution >= 0.6 is 0 Å². The second kappa shape index (κ2) is 8.21. The normalized spacial score (nSPS) is 11.2. The lowest BCUT2D eigenvalue weighted by molar-refractivity contribution is 0.0956. The van der Waals surface area contributed by atoms with E-state index in [4.69, 9.17) is 0 Å². The molecule has 0 fully saturated rings. The van der Waals surface area contributed by atoms with Crippen LogP contribution < -0.4 is 5.43 Å². The molecule has 0 radical (unpaired) electrons. The number of hydrogen-bond donors (Lipinski definition) is 1. The molecule has 0 spiro atoms. The van der Waals surface area contributed by atoms with Crippen molar-refractivity contribution in [1.29, 1.82) is 0 Å². The van der Waals surface area contributed by atoms with Crippen molar-refractivity contribution < 1.29 is 13.6 Å². The van der Waals surface area contributed by atoms with Gasteiger partial charge in [-0.15, -0.1) is 0 Å². The SMILES string of the molecule is Cc1ccc(-c2cc(C(=O)N/N=C\c3ccc(F)cc3F)c3ccccc3n2)cc1. The van der Waals surface area contributed by atoms with Gasteiger partial charge in [-0.1, -0.05) is 48.0 Å². The summed E-state index contributed by atoms with van der Waals surface area (Å²) in [6, 6.07) is 20.0. The molecular weight excluding hydrogens is 384 g/mol. The van der Waals surface area contributed by atoms with Gasteiger partial charge >= 0.3 is 0 Å². The lowest BCUT2D eigenvalue weighted by Gasteiger charge is -2.09. The molecule has 0 aliphatic rings. The topological polar surface area (TPSA) is 54.4 Å². The van der Waals surface area contributed by atoms with Crippen LogP contribution in [-0.4, -0.2) is 17.1 Å². The molecule has 6 heteroatoms. The van der Waals surface area contributed by atoms with E-state index in [0.29, 0.717) is 22.2 Å². The average Bonchev–Trinajstić information content (AvgIpc) is 2.75. The van der Waals surface area contributed by atoms with Crippen LogP contribution in [0.1, 0.15) is 21.5 Å². The van der Waals surface area contributed by atoms with Crippen LogP contribution in [0.3, 0.4) is 0 Å². The molecule has 0 saturated carbocycles. The Bertz CT molecular complexity index is 1270. The maximum absolute atomic E-state index is 13.7. The standard InChI is InChI=1S/C24H17F2N3O/c1-15-6-8-16(9-7-15)23-13-20(19-4-2-3-5-22(19)28-23)24(30)29-27-14-17-10-11-18(25)12-21(17)26/h2-14H,1H3,(H,29,30)/b27-14-. The summed E-state index contributed by atoms with van der Waals surface area (Å²) in [6.45, 7) is 2.00. The number of amides is 1. The summed E-state index contributed by atoms with van der Waals surface area (Å²) in [7, 11) is 0. The number of para-hydroxylation sites is 1. The van der Waals surface area contributed by atoms with Gasteiger partial charge in [-0.2, -0.15) is 5.10 Å².